The summed E-state index contributed by atoms with van der Waals surface area (Å²) in [7, 11) is 0. The van der Waals surface area contributed by atoms with Crippen molar-refractivity contribution in [2.45, 2.75) is 24.6 Å². The maximum absolute atomic E-state index is 11.9. The van der Waals surface area contributed by atoms with Gasteiger partial charge in [0, 0.05) is 11.9 Å². The zero-order chi connectivity index (χ0) is 13.1. The van der Waals surface area contributed by atoms with E-state index in [9.17, 15) is 15.0 Å². The molecule has 4 nitrogen and oxygen atoms in total. The summed E-state index contributed by atoms with van der Waals surface area (Å²) in [5, 5.41) is 21.9. The Morgan fingerprint density at radius 2 is 2.00 bits per heavy atom. The molecule has 3 N–H and O–H groups in total. The van der Waals surface area contributed by atoms with Gasteiger partial charge >= 0.3 is 0 Å². The van der Waals surface area contributed by atoms with Gasteiger partial charge in [-0.15, -0.1) is 11.6 Å². The zero-order valence-corrected chi connectivity index (χ0v) is 10.7. The predicted molar refractivity (Wildman–Crippen MR) is 69.1 cm³/mol. The third-order valence-corrected chi connectivity index (χ3v) is 3.91. The van der Waals surface area contributed by atoms with Crippen molar-refractivity contribution in [2.75, 3.05) is 6.54 Å². The highest BCUT2D eigenvalue weighted by molar-refractivity contribution is 6.21. The van der Waals surface area contributed by atoms with Crippen LogP contribution in [-0.2, 0) is 0 Å². The number of nitrogens with one attached hydrogen (secondary N) is 1. The number of phenolic OH excluding ortho intramolecular Hbond substituents is 2. The standard InChI is InChI=1S/C13H16ClNO3/c14-9-4-1-3-8(9)7-15-13(18)12-10(16)5-2-6-11(12)17/h2,5-6,8-9,16-17H,1,3-4,7H2,(H,15,18). The highest BCUT2D eigenvalue weighted by Crippen LogP contribution is 2.30. The molecule has 0 heterocycles. The van der Waals surface area contributed by atoms with Crippen LogP contribution in [-0.4, -0.2) is 28.0 Å². The average molecular weight is 270 g/mol. The molecule has 0 spiro atoms. The number of benzene rings is 1. The molecule has 0 radical (unpaired) electrons. The van der Waals surface area contributed by atoms with Gasteiger partial charge < -0.3 is 15.5 Å². The van der Waals surface area contributed by atoms with Crippen LogP contribution in [0.4, 0.5) is 0 Å². The van der Waals surface area contributed by atoms with E-state index in [1.54, 1.807) is 0 Å². The highest BCUT2D eigenvalue weighted by atomic mass is 35.5. The molecule has 1 saturated carbocycles. The summed E-state index contributed by atoms with van der Waals surface area (Å²) in [4.78, 5) is 11.9. The van der Waals surface area contributed by atoms with Crippen LogP contribution in [0.1, 0.15) is 29.6 Å². The predicted octanol–water partition coefficient (Wildman–Crippen LogP) is 2.24. The number of carbonyl (C=O) groups is 1. The largest absolute Gasteiger partial charge is 0.507 e. The van der Waals surface area contributed by atoms with Crippen molar-refractivity contribution >= 4 is 17.5 Å². The molecule has 1 amide bonds. The lowest BCUT2D eigenvalue weighted by molar-refractivity contribution is 0.0942. The molecule has 0 aromatic heterocycles. The number of halogens is 1. The SMILES string of the molecule is O=C(NCC1CCCC1Cl)c1c(O)cccc1O. The monoisotopic (exact) mass is 269 g/mol. The lowest BCUT2D eigenvalue weighted by atomic mass is 10.1. The van der Waals surface area contributed by atoms with Crippen LogP contribution >= 0.6 is 11.6 Å². The van der Waals surface area contributed by atoms with Gasteiger partial charge in [0.15, 0.2) is 0 Å². The second kappa shape index (κ2) is 5.48. The maximum atomic E-state index is 11.9. The summed E-state index contributed by atoms with van der Waals surface area (Å²) < 4.78 is 0. The van der Waals surface area contributed by atoms with Crippen LogP contribution in [0.15, 0.2) is 18.2 Å². The summed E-state index contributed by atoms with van der Waals surface area (Å²) in [6, 6.07) is 4.22. The average Bonchev–Trinajstić information content (AvgIpc) is 2.72. The van der Waals surface area contributed by atoms with Gasteiger partial charge in [-0.25, -0.2) is 0 Å². The summed E-state index contributed by atoms with van der Waals surface area (Å²) in [5.74, 6) is -0.646. The molecule has 0 aliphatic heterocycles. The summed E-state index contributed by atoms with van der Waals surface area (Å²) in [6.45, 7) is 0.473. The van der Waals surface area contributed by atoms with Crippen LogP contribution < -0.4 is 5.32 Å². The van der Waals surface area contributed by atoms with Gasteiger partial charge in [-0.1, -0.05) is 12.5 Å². The van der Waals surface area contributed by atoms with Crippen molar-refractivity contribution in [1.29, 1.82) is 0 Å². The fourth-order valence-corrected chi connectivity index (χ4v) is 2.66. The Kier molecular flexibility index (Phi) is 3.97. The Labute approximate surface area is 111 Å². The fourth-order valence-electron chi connectivity index (χ4n) is 2.29. The minimum absolute atomic E-state index is 0.0818. The van der Waals surface area contributed by atoms with Crippen LogP contribution in [0.5, 0.6) is 11.5 Å². The van der Waals surface area contributed by atoms with E-state index in [4.69, 9.17) is 11.6 Å². The number of rotatable bonds is 3. The van der Waals surface area contributed by atoms with Gasteiger partial charge in [-0.3, -0.25) is 4.79 Å². The first kappa shape index (κ1) is 13.0. The van der Waals surface area contributed by atoms with Gasteiger partial charge in [0.05, 0.1) is 0 Å². The molecule has 1 aromatic carbocycles. The Bertz CT molecular complexity index is 430. The quantitative estimate of drug-likeness (QED) is 0.737. The van der Waals surface area contributed by atoms with E-state index in [1.807, 2.05) is 0 Å². The third kappa shape index (κ3) is 2.70. The lowest BCUT2D eigenvalue weighted by Crippen LogP contribution is -2.31. The van der Waals surface area contributed by atoms with E-state index in [0.29, 0.717) is 6.54 Å². The highest BCUT2D eigenvalue weighted by Gasteiger charge is 2.26. The normalized spacial score (nSPS) is 22.9. The number of carbonyl (C=O) groups excluding carboxylic acids is 1. The van der Waals surface area contributed by atoms with Gasteiger partial charge in [-0.2, -0.15) is 0 Å². The van der Waals surface area contributed by atoms with Crippen molar-refractivity contribution < 1.29 is 15.0 Å². The zero-order valence-electron chi connectivity index (χ0n) is 9.90. The van der Waals surface area contributed by atoms with Crippen LogP contribution in [0.3, 0.4) is 0 Å². The molecular weight excluding hydrogens is 254 g/mol. The molecular formula is C13H16ClNO3. The Hall–Kier alpha value is -1.42. The third-order valence-electron chi connectivity index (χ3n) is 3.34. The van der Waals surface area contributed by atoms with Gasteiger partial charge in [0.25, 0.3) is 5.91 Å². The Morgan fingerprint density at radius 3 is 2.56 bits per heavy atom. The molecule has 98 valence electrons. The molecule has 2 atom stereocenters. The van der Waals surface area contributed by atoms with Crippen molar-refractivity contribution in [3.05, 3.63) is 23.8 Å². The van der Waals surface area contributed by atoms with Crippen LogP contribution in [0, 0.1) is 5.92 Å². The fraction of sp³-hybridized carbons (Fsp3) is 0.462. The number of aromatic hydroxyl groups is 2. The van der Waals surface area contributed by atoms with Crippen molar-refractivity contribution in [1.82, 2.24) is 5.32 Å². The van der Waals surface area contributed by atoms with E-state index in [0.717, 1.165) is 19.3 Å². The van der Waals surface area contributed by atoms with Crippen LogP contribution in [0.25, 0.3) is 0 Å². The molecule has 5 heteroatoms. The van der Waals surface area contributed by atoms with Crippen molar-refractivity contribution in [3.8, 4) is 11.5 Å². The first-order valence-electron chi connectivity index (χ1n) is 6.03. The van der Waals surface area contributed by atoms with E-state index >= 15 is 0 Å². The second-order valence-electron chi connectivity index (χ2n) is 4.59. The van der Waals surface area contributed by atoms with Crippen molar-refractivity contribution in [3.63, 3.8) is 0 Å². The molecule has 18 heavy (non-hydrogen) atoms. The van der Waals surface area contributed by atoms with Gasteiger partial charge in [0.2, 0.25) is 0 Å². The molecule has 2 rings (SSSR count). The van der Waals surface area contributed by atoms with Gasteiger partial charge in [-0.05, 0) is 30.9 Å². The first-order chi connectivity index (χ1) is 8.59. The number of hydrogen-bond donors (Lipinski definition) is 3. The van der Waals surface area contributed by atoms with E-state index < -0.39 is 5.91 Å². The summed E-state index contributed by atoms with van der Waals surface area (Å²) in [6.07, 6.45) is 3.06. The molecule has 0 bridgehead atoms. The molecule has 1 fully saturated rings. The molecule has 1 aromatic rings. The topological polar surface area (TPSA) is 69.6 Å². The lowest BCUT2D eigenvalue weighted by Gasteiger charge is -2.15. The minimum Gasteiger partial charge on any atom is -0.507 e. The summed E-state index contributed by atoms with van der Waals surface area (Å²) >= 11 is 6.12. The number of alkyl halides is 1. The number of phenols is 2. The maximum Gasteiger partial charge on any atom is 0.258 e. The molecule has 2 unspecified atom stereocenters. The molecule has 0 saturated heterocycles. The first-order valence-corrected chi connectivity index (χ1v) is 6.46. The van der Waals surface area contributed by atoms with E-state index in [-0.39, 0.29) is 28.4 Å². The smallest absolute Gasteiger partial charge is 0.258 e. The second-order valence-corrected chi connectivity index (χ2v) is 5.15. The van der Waals surface area contributed by atoms with Crippen molar-refractivity contribution in [2.24, 2.45) is 5.92 Å². The Balaban J connectivity index is 1.99. The Morgan fingerprint density at radius 1 is 1.33 bits per heavy atom. The minimum atomic E-state index is -0.471. The van der Waals surface area contributed by atoms with Gasteiger partial charge in [0.1, 0.15) is 17.1 Å². The van der Waals surface area contributed by atoms with Crippen LogP contribution in [0.2, 0.25) is 0 Å². The molecule has 1 aliphatic carbocycles. The summed E-state index contributed by atoms with van der Waals surface area (Å²) in [5.41, 5.74) is -0.0818. The number of amides is 1. The molecule has 1 aliphatic rings. The number of hydrogen-bond acceptors (Lipinski definition) is 3. The van der Waals surface area contributed by atoms with E-state index in [2.05, 4.69) is 5.32 Å². The van der Waals surface area contributed by atoms with E-state index in [1.165, 1.54) is 18.2 Å².